The van der Waals surface area contributed by atoms with Crippen LogP contribution >= 0.6 is 0 Å². The Labute approximate surface area is 218 Å². The lowest BCUT2D eigenvalue weighted by Gasteiger charge is -2.38. The second-order valence-electron chi connectivity index (χ2n) is 9.93. The second kappa shape index (κ2) is 12.1. The Kier molecular flexibility index (Phi) is 8.69. The summed E-state index contributed by atoms with van der Waals surface area (Å²) < 4.78 is 5.26. The van der Waals surface area contributed by atoms with Gasteiger partial charge in [-0.25, -0.2) is 0 Å². The van der Waals surface area contributed by atoms with Gasteiger partial charge in [-0.3, -0.25) is 14.6 Å². The van der Waals surface area contributed by atoms with Crippen LogP contribution in [0.5, 0.6) is 0 Å². The summed E-state index contributed by atoms with van der Waals surface area (Å²) in [6.07, 6.45) is 7.95. The van der Waals surface area contributed by atoms with Crippen molar-refractivity contribution in [1.29, 1.82) is 0 Å². The first-order valence-electron chi connectivity index (χ1n) is 12.9. The Hall–Kier alpha value is -3.55. The molecule has 3 aromatic rings. The van der Waals surface area contributed by atoms with Crippen molar-refractivity contribution < 1.29 is 14.3 Å². The van der Waals surface area contributed by atoms with E-state index < -0.39 is 0 Å². The van der Waals surface area contributed by atoms with Crippen molar-refractivity contribution in [2.24, 2.45) is 5.73 Å². The van der Waals surface area contributed by atoms with Gasteiger partial charge in [0.25, 0.3) is 0 Å². The fourth-order valence-electron chi connectivity index (χ4n) is 4.79. The molecule has 7 heteroatoms. The predicted molar refractivity (Wildman–Crippen MR) is 147 cm³/mol. The van der Waals surface area contributed by atoms with Crippen LogP contribution in [0.2, 0.25) is 0 Å². The Morgan fingerprint density at radius 3 is 2.16 bits per heavy atom. The average molecular weight is 501 g/mol. The summed E-state index contributed by atoms with van der Waals surface area (Å²) in [5.74, 6) is -0.00391. The normalized spacial score (nSPS) is 16.5. The highest BCUT2D eigenvalue weighted by molar-refractivity contribution is 5.91. The fraction of sp³-hybridized carbons (Fsp3) is 0.367. The average Bonchev–Trinajstić information content (AvgIpc) is 2.88. The Bertz CT molecular complexity index is 1200. The van der Waals surface area contributed by atoms with E-state index in [-0.39, 0.29) is 17.4 Å². The smallest absolute Gasteiger partial charge is 0.221 e. The Morgan fingerprint density at radius 2 is 1.59 bits per heavy atom. The van der Waals surface area contributed by atoms with Gasteiger partial charge in [0.2, 0.25) is 11.8 Å². The molecule has 2 fully saturated rings. The van der Waals surface area contributed by atoms with Crippen molar-refractivity contribution in [3.8, 4) is 22.4 Å². The first kappa shape index (κ1) is 26.5. The number of amides is 2. The van der Waals surface area contributed by atoms with Crippen LogP contribution < -0.4 is 16.4 Å². The maximum absolute atomic E-state index is 11.4. The largest absolute Gasteiger partial charge is 0.377 e. The summed E-state index contributed by atoms with van der Waals surface area (Å²) in [6.45, 7) is 4.17. The number of nitrogens with zero attached hydrogens (tertiary/aromatic N) is 1. The molecule has 0 spiro atoms. The summed E-state index contributed by atoms with van der Waals surface area (Å²) in [6, 6.07) is 20.6. The summed E-state index contributed by atoms with van der Waals surface area (Å²) in [5.41, 5.74) is 11.5. The van der Waals surface area contributed by atoms with E-state index in [1.165, 1.54) is 39.0 Å². The zero-order valence-electron chi connectivity index (χ0n) is 21.6. The molecule has 1 aliphatic heterocycles. The van der Waals surface area contributed by atoms with E-state index in [9.17, 15) is 9.59 Å². The molecule has 4 N–H and O–H groups in total. The number of nitrogens with two attached hydrogens (primary N) is 1. The van der Waals surface area contributed by atoms with Crippen LogP contribution in [0.25, 0.3) is 22.4 Å². The van der Waals surface area contributed by atoms with Crippen molar-refractivity contribution in [3.05, 3.63) is 72.4 Å². The van der Waals surface area contributed by atoms with E-state index in [1.807, 2.05) is 60.7 Å². The van der Waals surface area contributed by atoms with E-state index in [1.54, 1.807) is 13.1 Å². The van der Waals surface area contributed by atoms with Crippen LogP contribution in [-0.2, 0) is 19.9 Å². The molecule has 1 saturated heterocycles. The molecule has 37 heavy (non-hydrogen) atoms. The number of pyridine rings is 1. The lowest BCUT2D eigenvalue weighted by molar-refractivity contribution is -0.120. The van der Waals surface area contributed by atoms with Crippen molar-refractivity contribution in [2.75, 3.05) is 18.5 Å². The molecular weight excluding hydrogens is 464 g/mol. The third-order valence-electron chi connectivity index (χ3n) is 6.76. The minimum absolute atomic E-state index is 0.118. The molecule has 7 nitrogen and oxygen atoms in total. The summed E-state index contributed by atoms with van der Waals surface area (Å²) >= 11 is 0. The van der Waals surface area contributed by atoms with Crippen molar-refractivity contribution in [3.63, 3.8) is 0 Å². The number of carbonyl (C=O) groups is 2. The van der Waals surface area contributed by atoms with Gasteiger partial charge in [-0.1, -0.05) is 73.9 Å². The van der Waals surface area contributed by atoms with Gasteiger partial charge in [0, 0.05) is 31.0 Å². The maximum atomic E-state index is 11.4. The highest BCUT2D eigenvalue weighted by Gasteiger charge is 2.35. The number of benzene rings is 2. The first-order valence-corrected chi connectivity index (χ1v) is 12.9. The lowest BCUT2D eigenvalue weighted by Crippen LogP contribution is -2.54. The van der Waals surface area contributed by atoms with Gasteiger partial charge in [0.15, 0.2) is 0 Å². The zero-order valence-corrected chi connectivity index (χ0v) is 21.6. The third kappa shape index (κ3) is 7.02. The summed E-state index contributed by atoms with van der Waals surface area (Å²) in [4.78, 5) is 26.7. The molecule has 194 valence electrons. The standard InChI is InChI=1S/C22H21N3O2.C8H15NO/c1-15(26)25-19-11-20(16-5-3-2-4-6-16)21(24-12-19)17-7-9-18(10-8-17)22(23)13-27-14-22;1-7(10)9-8-5-3-2-4-6-8/h2-12H,13-14,23H2,1H3,(H,25,26);8H,2-6H2,1H3,(H,9,10). The number of aromatic nitrogens is 1. The number of anilines is 1. The van der Waals surface area contributed by atoms with Crippen LogP contribution in [0, 0.1) is 0 Å². The highest BCUT2D eigenvalue weighted by atomic mass is 16.5. The van der Waals surface area contributed by atoms with Crippen molar-refractivity contribution >= 4 is 17.5 Å². The molecule has 1 aliphatic carbocycles. The van der Waals surface area contributed by atoms with E-state index in [0.29, 0.717) is 24.9 Å². The number of rotatable bonds is 5. The Balaban J connectivity index is 0.000000270. The van der Waals surface area contributed by atoms with Gasteiger partial charge in [-0.15, -0.1) is 0 Å². The summed E-state index contributed by atoms with van der Waals surface area (Å²) in [5, 5.41) is 5.75. The monoisotopic (exact) mass is 500 g/mol. The maximum Gasteiger partial charge on any atom is 0.221 e. The molecule has 1 saturated carbocycles. The van der Waals surface area contributed by atoms with Crippen LogP contribution in [0.3, 0.4) is 0 Å². The molecule has 0 radical (unpaired) electrons. The molecule has 2 amide bonds. The van der Waals surface area contributed by atoms with E-state index in [2.05, 4.69) is 15.6 Å². The number of hydrogen-bond acceptors (Lipinski definition) is 5. The molecule has 2 heterocycles. The minimum atomic E-state index is -0.385. The molecule has 2 aromatic carbocycles. The topological polar surface area (TPSA) is 106 Å². The number of nitrogens with one attached hydrogen (secondary N) is 2. The van der Waals surface area contributed by atoms with Gasteiger partial charge in [0.05, 0.1) is 36.3 Å². The molecule has 0 bridgehead atoms. The van der Waals surface area contributed by atoms with Gasteiger partial charge < -0.3 is 21.1 Å². The number of carbonyl (C=O) groups excluding carboxylic acids is 2. The minimum Gasteiger partial charge on any atom is -0.377 e. The number of ether oxygens (including phenoxy) is 1. The van der Waals surface area contributed by atoms with E-state index in [4.69, 9.17) is 10.5 Å². The van der Waals surface area contributed by atoms with Gasteiger partial charge in [0.1, 0.15) is 0 Å². The van der Waals surface area contributed by atoms with E-state index >= 15 is 0 Å². The lowest BCUT2D eigenvalue weighted by atomic mass is 9.88. The van der Waals surface area contributed by atoms with Crippen LogP contribution in [-0.4, -0.2) is 36.1 Å². The first-order chi connectivity index (χ1) is 17.8. The molecule has 2 aliphatic rings. The molecule has 0 atom stereocenters. The quantitative estimate of drug-likeness (QED) is 0.456. The van der Waals surface area contributed by atoms with Gasteiger partial charge >= 0.3 is 0 Å². The Morgan fingerprint density at radius 1 is 0.919 bits per heavy atom. The van der Waals surface area contributed by atoms with Gasteiger partial charge in [-0.2, -0.15) is 0 Å². The van der Waals surface area contributed by atoms with Crippen LogP contribution in [0.4, 0.5) is 5.69 Å². The summed E-state index contributed by atoms with van der Waals surface area (Å²) in [7, 11) is 0. The number of hydrogen-bond donors (Lipinski definition) is 3. The SMILES string of the molecule is CC(=O)NC1CCCCC1.CC(=O)Nc1cnc(-c2ccc(C3(N)COC3)cc2)c(-c2ccccc2)c1. The fourth-order valence-corrected chi connectivity index (χ4v) is 4.79. The van der Waals surface area contributed by atoms with Gasteiger partial charge in [-0.05, 0) is 30.0 Å². The molecule has 0 unspecified atom stereocenters. The van der Waals surface area contributed by atoms with E-state index in [0.717, 1.165) is 27.9 Å². The second-order valence-corrected chi connectivity index (χ2v) is 9.93. The van der Waals surface area contributed by atoms with Crippen LogP contribution in [0.1, 0.15) is 51.5 Å². The zero-order chi connectivity index (χ0) is 26.3. The third-order valence-corrected chi connectivity index (χ3v) is 6.76. The molecule has 1 aromatic heterocycles. The van der Waals surface area contributed by atoms with Crippen molar-refractivity contribution in [1.82, 2.24) is 10.3 Å². The van der Waals surface area contributed by atoms with Crippen molar-refractivity contribution in [2.45, 2.75) is 57.5 Å². The molecule has 5 rings (SSSR count). The predicted octanol–water partition coefficient (Wildman–Crippen LogP) is 5.01. The molecular formula is C30H36N4O3. The highest BCUT2D eigenvalue weighted by Crippen LogP contribution is 2.34. The van der Waals surface area contributed by atoms with Crippen LogP contribution in [0.15, 0.2) is 66.9 Å².